The number of nitrogens with one attached hydrogen (secondary N) is 2. The van der Waals surface area contributed by atoms with Crippen LogP contribution < -0.4 is 10.6 Å². The Morgan fingerprint density at radius 3 is 2.61 bits per heavy atom. The topological polar surface area (TPSA) is 87.7 Å². The van der Waals surface area contributed by atoms with E-state index in [9.17, 15) is 9.59 Å². The van der Waals surface area contributed by atoms with Gasteiger partial charge >= 0.3 is 12.0 Å². The predicted molar refractivity (Wildman–Crippen MR) is 66.4 cm³/mol. The molecule has 6 heteroatoms. The van der Waals surface area contributed by atoms with Gasteiger partial charge in [0.15, 0.2) is 0 Å². The number of rotatable bonds is 9. The third-order valence-electron chi connectivity index (χ3n) is 3.12. The minimum atomic E-state index is -1.00. The maximum atomic E-state index is 11.4. The number of carbonyl (C=O) groups excluding carboxylic acids is 1. The second-order valence-corrected chi connectivity index (χ2v) is 4.81. The number of carboxylic acids is 1. The lowest BCUT2D eigenvalue weighted by molar-refractivity contribution is -0.142. The van der Waals surface area contributed by atoms with Crippen LogP contribution in [0.4, 0.5) is 4.79 Å². The summed E-state index contributed by atoms with van der Waals surface area (Å²) in [4.78, 5) is 21.6. The fourth-order valence-corrected chi connectivity index (χ4v) is 1.95. The Bertz CT molecular complexity index is 290. The van der Waals surface area contributed by atoms with E-state index in [-0.39, 0.29) is 19.2 Å². The van der Waals surface area contributed by atoms with Gasteiger partial charge in [0.25, 0.3) is 0 Å². The van der Waals surface area contributed by atoms with Crippen molar-refractivity contribution >= 4 is 12.0 Å². The first-order chi connectivity index (χ1) is 8.58. The summed E-state index contributed by atoms with van der Waals surface area (Å²) in [5.74, 6) is -1.00. The second kappa shape index (κ2) is 7.20. The zero-order valence-electron chi connectivity index (χ0n) is 10.8. The summed E-state index contributed by atoms with van der Waals surface area (Å²) in [6, 6.07) is -0.212. The lowest BCUT2D eigenvalue weighted by Gasteiger charge is -2.15. The van der Waals surface area contributed by atoms with Gasteiger partial charge < -0.3 is 20.5 Å². The third kappa shape index (κ3) is 5.86. The molecule has 1 aliphatic carbocycles. The molecule has 0 radical (unpaired) electrons. The highest BCUT2D eigenvalue weighted by Crippen LogP contribution is 2.48. The molecule has 0 atom stereocenters. The zero-order valence-corrected chi connectivity index (χ0v) is 10.8. The van der Waals surface area contributed by atoms with Crippen LogP contribution in [0, 0.1) is 5.41 Å². The summed E-state index contributed by atoms with van der Waals surface area (Å²) >= 11 is 0. The second-order valence-electron chi connectivity index (χ2n) is 4.81. The minimum absolute atomic E-state index is 0.208. The van der Waals surface area contributed by atoms with Gasteiger partial charge in [0.1, 0.15) is 6.61 Å². The largest absolute Gasteiger partial charge is 0.480 e. The number of aliphatic carboxylic acids is 1. The molecule has 2 amide bonds. The number of hydrogen-bond acceptors (Lipinski definition) is 3. The van der Waals surface area contributed by atoms with Crippen molar-refractivity contribution < 1.29 is 19.4 Å². The third-order valence-corrected chi connectivity index (χ3v) is 3.12. The Labute approximate surface area is 107 Å². The molecule has 0 aromatic carbocycles. The molecule has 6 nitrogen and oxygen atoms in total. The molecule has 1 aliphatic rings. The van der Waals surface area contributed by atoms with Crippen molar-refractivity contribution in [1.82, 2.24) is 10.6 Å². The number of carbonyl (C=O) groups is 2. The fourth-order valence-electron chi connectivity index (χ4n) is 1.95. The van der Waals surface area contributed by atoms with Gasteiger partial charge in [0, 0.05) is 13.1 Å². The normalized spacial score (nSPS) is 16.1. The van der Waals surface area contributed by atoms with Crippen molar-refractivity contribution in [3.63, 3.8) is 0 Å². The van der Waals surface area contributed by atoms with Crippen LogP contribution in [0.1, 0.15) is 32.6 Å². The Balaban J connectivity index is 1.99. The Hall–Kier alpha value is -1.30. The lowest BCUT2D eigenvalue weighted by Crippen LogP contribution is -2.40. The molecule has 0 saturated heterocycles. The van der Waals surface area contributed by atoms with Crippen molar-refractivity contribution in [3.05, 3.63) is 0 Å². The number of hydrogen-bond donors (Lipinski definition) is 3. The molecule has 0 bridgehead atoms. The van der Waals surface area contributed by atoms with Crippen LogP contribution >= 0.6 is 0 Å². The lowest BCUT2D eigenvalue weighted by atomic mass is 10.0. The van der Waals surface area contributed by atoms with E-state index in [4.69, 9.17) is 9.84 Å². The Morgan fingerprint density at radius 2 is 2.06 bits per heavy atom. The van der Waals surface area contributed by atoms with E-state index in [2.05, 4.69) is 17.6 Å². The summed E-state index contributed by atoms with van der Waals surface area (Å²) in [6.45, 7) is 3.07. The van der Waals surface area contributed by atoms with Crippen molar-refractivity contribution in [2.24, 2.45) is 5.41 Å². The molecular formula is C12H22N2O4. The van der Waals surface area contributed by atoms with Crippen LogP contribution in [0.5, 0.6) is 0 Å². The number of ether oxygens (including phenoxy) is 1. The van der Waals surface area contributed by atoms with Crippen LogP contribution in [0.25, 0.3) is 0 Å². The van der Waals surface area contributed by atoms with Gasteiger partial charge in [0.05, 0.1) is 6.61 Å². The monoisotopic (exact) mass is 258 g/mol. The van der Waals surface area contributed by atoms with Gasteiger partial charge in [-0.2, -0.15) is 0 Å². The van der Waals surface area contributed by atoms with E-state index in [0.717, 1.165) is 19.4 Å². The summed E-state index contributed by atoms with van der Waals surface area (Å²) in [6.07, 6.45) is 4.70. The van der Waals surface area contributed by atoms with E-state index < -0.39 is 5.97 Å². The smallest absolute Gasteiger partial charge is 0.329 e. The van der Waals surface area contributed by atoms with E-state index in [1.165, 1.54) is 12.8 Å². The van der Waals surface area contributed by atoms with Crippen LogP contribution in [0.2, 0.25) is 0 Å². The van der Waals surface area contributed by atoms with Gasteiger partial charge in [0.2, 0.25) is 0 Å². The average Bonchev–Trinajstić information content (AvgIpc) is 3.07. The van der Waals surface area contributed by atoms with Crippen LogP contribution in [-0.4, -0.2) is 43.4 Å². The minimum Gasteiger partial charge on any atom is -0.480 e. The van der Waals surface area contributed by atoms with E-state index in [1.807, 2.05) is 0 Å². The molecule has 1 fully saturated rings. The fraction of sp³-hybridized carbons (Fsp3) is 0.833. The molecular weight excluding hydrogens is 236 g/mol. The van der Waals surface area contributed by atoms with Crippen molar-refractivity contribution in [3.8, 4) is 0 Å². The van der Waals surface area contributed by atoms with Crippen molar-refractivity contribution in [1.29, 1.82) is 0 Å². The van der Waals surface area contributed by atoms with E-state index >= 15 is 0 Å². The molecule has 0 spiro atoms. The zero-order chi connectivity index (χ0) is 13.4. The maximum Gasteiger partial charge on any atom is 0.329 e. The molecule has 0 aliphatic heterocycles. The summed E-state index contributed by atoms with van der Waals surface area (Å²) in [5, 5.41) is 13.8. The molecule has 0 heterocycles. The molecule has 1 rings (SSSR count). The molecule has 104 valence electrons. The first-order valence-electron chi connectivity index (χ1n) is 6.39. The van der Waals surface area contributed by atoms with Crippen LogP contribution in [0.15, 0.2) is 0 Å². The van der Waals surface area contributed by atoms with E-state index in [0.29, 0.717) is 12.0 Å². The summed E-state index contributed by atoms with van der Waals surface area (Å²) in [5.41, 5.74) is 0.339. The Morgan fingerprint density at radius 1 is 1.33 bits per heavy atom. The molecule has 0 aromatic rings. The highest BCUT2D eigenvalue weighted by atomic mass is 16.5. The standard InChI is InChI=1S/C12H22N2O4/c1-2-3-12(4-5-12)9-14-11(17)13-6-7-18-8-10(15)16/h2-9H2,1H3,(H,15,16)(H2,13,14,17). The molecule has 1 saturated carbocycles. The SMILES string of the molecule is CCCC1(CNC(=O)NCCOCC(=O)O)CC1. The number of amides is 2. The summed E-state index contributed by atoms with van der Waals surface area (Å²) in [7, 11) is 0. The van der Waals surface area contributed by atoms with Gasteiger partial charge in [-0.25, -0.2) is 9.59 Å². The van der Waals surface area contributed by atoms with Gasteiger partial charge in [-0.1, -0.05) is 13.3 Å². The number of urea groups is 1. The van der Waals surface area contributed by atoms with Gasteiger partial charge in [-0.3, -0.25) is 0 Å². The highest BCUT2D eigenvalue weighted by molar-refractivity contribution is 5.73. The molecule has 18 heavy (non-hydrogen) atoms. The maximum absolute atomic E-state index is 11.4. The summed E-state index contributed by atoms with van der Waals surface area (Å²) < 4.78 is 4.80. The Kier molecular flexibility index (Phi) is 5.91. The first-order valence-corrected chi connectivity index (χ1v) is 6.39. The van der Waals surface area contributed by atoms with Crippen molar-refractivity contribution in [2.75, 3.05) is 26.3 Å². The van der Waals surface area contributed by atoms with Gasteiger partial charge in [-0.15, -0.1) is 0 Å². The van der Waals surface area contributed by atoms with Crippen LogP contribution in [0.3, 0.4) is 0 Å². The molecule has 3 N–H and O–H groups in total. The van der Waals surface area contributed by atoms with Crippen LogP contribution in [-0.2, 0) is 9.53 Å². The highest BCUT2D eigenvalue weighted by Gasteiger charge is 2.41. The average molecular weight is 258 g/mol. The van der Waals surface area contributed by atoms with Gasteiger partial charge in [-0.05, 0) is 24.7 Å². The van der Waals surface area contributed by atoms with Crippen molar-refractivity contribution in [2.45, 2.75) is 32.6 Å². The first kappa shape index (κ1) is 14.8. The predicted octanol–water partition coefficient (Wildman–Crippen LogP) is 0.967. The molecule has 0 aromatic heterocycles. The molecule has 0 unspecified atom stereocenters. The quantitative estimate of drug-likeness (QED) is 0.538. The van der Waals surface area contributed by atoms with E-state index in [1.54, 1.807) is 0 Å². The number of carboxylic acid groups (broad SMARTS) is 1.